The number of hydrogen-bond donors (Lipinski definition) is 2. The minimum atomic E-state index is -0.417. The summed E-state index contributed by atoms with van der Waals surface area (Å²) in [6, 6.07) is 8.87. The fourth-order valence-corrected chi connectivity index (χ4v) is 7.27. The van der Waals surface area contributed by atoms with Crippen molar-refractivity contribution in [1.29, 1.82) is 0 Å². The van der Waals surface area contributed by atoms with Crippen molar-refractivity contribution in [3.63, 3.8) is 0 Å². The van der Waals surface area contributed by atoms with E-state index in [0.717, 1.165) is 68.8 Å². The number of hydrogen-bond acceptors (Lipinski definition) is 9. The normalized spacial score (nSPS) is 18.7. The molecule has 8 rings (SSSR count). The first-order chi connectivity index (χ1) is 22.5. The molecule has 0 saturated carbocycles. The molecule has 1 fully saturated rings. The SMILES string of the molecule is CN1CCN(c2ccc(Nc3cc(-c4cc(F)cc(N5C=C6C(=O)C7=C(CCCC7)N6CC5)c4CO)cn4ccnc34)nc2)CC1. The Labute approximate surface area is 267 Å². The van der Waals surface area contributed by atoms with Crippen molar-refractivity contribution >= 4 is 34.3 Å². The van der Waals surface area contributed by atoms with E-state index >= 15 is 4.39 Å². The van der Waals surface area contributed by atoms with Gasteiger partial charge in [-0.1, -0.05) is 0 Å². The van der Waals surface area contributed by atoms with E-state index < -0.39 is 5.82 Å². The van der Waals surface area contributed by atoms with Gasteiger partial charge in [0.2, 0.25) is 5.78 Å². The second-order valence-electron chi connectivity index (χ2n) is 12.5. The van der Waals surface area contributed by atoms with E-state index in [-0.39, 0.29) is 12.4 Å². The Morgan fingerprint density at radius 1 is 1.00 bits per heavy atom. The molecule has 0 amide bonds. The quantitative estimate of drug-likeness (QED) is 0.313. The summed E-state index contributed by atoms with van der Waals surface area (Å²) in [5.41, 5.74) is 7.67. The molecule has 0 bridgehead atoms. The highest BCUT2D eigenvalue weighted by Gasteiger charge is 2.38. The number of fused-ring (bicyclic) bond motifs is 3. The third-order valence-corrected chi connectivity index (χ3v) is 9.74. The Kier molecular flexibility index (Phi) is 7.22. The second kappa shape index (κ2) is 11.6. The van der Waals surface area contributed by atoms with Crippen LogP contribution in [-0.2, 0) is 11.4 Å². The zero-order valence-electron chi connectivity index (χ0n) is 25.9. The van der Waals surface area contributed by atoms with Crippen LogP contribution in [0.25, 0.3) is 16.8 Å². The van der Waals surface area contributed by atoms with Gasteiger partial charge in [0.05, 0.1) is 24.2 Å². The van der Waals surface area contributed by atoms with Gasteiger partial charge in [-0.3, -0.25) is 4.79 Å². The number of aliphatic hydroxyl groups excluding tert-OH is 1. The summed E-state index contributed by atoms with van der Waals surface area (Å²) in [5, 5.41) is 14.1. The summed E-state index contributed by atoms with van der Waals surface area (Å²) in [5.74, 6) is 0.330. The number of nitrogens with zero attached hydrogens (tertiary/aromatic N) is 7. The number of allylic oxidation sites excluding steroid dienone is 2. The van der Waals surface area contributed by atoms with Gasteiger partial charge in [0.1, 0.15) is 17.3 Å². The largest absolute Gasteiger partial charge is 0.392 e. The molecule has 46 heavy (non-hydrogen) atoms. The van der Waals surface area contributed by atoms with Gasteiger partial charge in [0, 0.05) is 92.1 Å². The molecule has 1 aliphatic carbocycles. The molecule has 3 aromatic heterocycles. The van der Waals surface area contributed by atoms with E-state index in [1.165, 1.54) is 12.1 Å². The van der Waals surface area contributed by atoms with Crippen LogP contribution in [-0.4, -0.2) is 81.4 Å². The molecule has 3 aliphatic heterocycles. The van der Waals surface area contributed by atoms with Crippen LogP contribution < -0.4 is 15.1 Å². The third kappa shape index (κ3) is 5.00. The average Bonchev–Trinajstić information content (AvgIpc) is 3.68. The number of aliphatic hydroxyl groups is 1. The van der Waals surface area contributed by atoms with Crippen LogP contribution in [0.3, 0.4) is 0 Å². The first-order valence-electron chi connectivity index (χ1n) is 16.1. The lowest BCUT2D eigenvalue weighted by Crippen LogP contribution is -2.44. The molecule has 1 saturated heterocycles. The van der Waals surface area contributed by atoms with Crippen LogP contribution in [0.5, 0.6) is 0 Å². The van der Waals surface area contributed by atoms with Gasteiger partial charge in [-0.25, -0.2) is 14.4 Å². The molecule has 236 valence electrons. The molecular formula is C35H37FN8O2. The molecule has 0 radical (unpaired) electrons. The van der Waals surface area contributed by atoms with Crippen molar-refractivity contribution in [2.45, 2.75) is 32.3 Å². The fourth-order valence-electron chi connectivity index (χ4n) is 7.27. The monoisotopic (exact) mass is 620 g/mol. The van der Waals surface area contributed by atoms with Crippen LogP contribution in [0.15, 0.2) is 78.3 Å². The molecule has 4 aromatic rings. The lowest BCUT2D eigenvalue weighted by molar-refractivity contribution is -0.112. The molecule has 0 spiro atoms. The maximum atomic E-state index is 15.4. The number of ketones is 1. The molecular weight excluding hydrogens is 583 g/mol. The van der Waals surface area contributed by atoms with E-state index in [1.54, 1.807) is 6.20 Å². The van der Waals surface area contributed by atoms with Gasteiger partial charge in [-0.15, -0.1) is 0 Å². The van der Waals surface area contributed by atoms with Crippen LogP contribution >= 0.6 is 0 Å². The maximum absolute atomic E-state index is 15.4. The molecule has 0 unspecified atom stereocenters. The zero-order valence-corrected chi connectivity index (χ0v) is 25.9. The molecule has 0 atom stereocenters. The molecule has 1 aromatic carbocycles. The number of carbonyl (C=O) groups excluding carboxylic acids is 1. The van der Waals surface area contributed by atoms with E-state index in [1.807, 2.05) is 46.2 Å². The fraction of sp³-hybridized carbons (Fsp3) is 0.343. The van der Waals surface area contributed by atoms with Gasteiger partial charge < -0.3 is 34.4 Å². The second-order valence-corrected chi connectivity index (χ2v) is 12.5. The zero-order chi connectivity index (χ0) is 31.4. The smallest absolute Gasteiger partial charge is 0.208 e. The van der Waals surface area contributed by atoms with Gasteiger partial charge in [-0.05, 0) is 68.6 Å². The van der Waals surface area contributed by atoms with E-state index in [0.29, 0.717) is 58.3 Å². The number of nitrogens with one attached hydrogen (secondary N) is 1. The molecule has 2 N–H and O–H groups in total. The van der Waals surface area contributed by atoms with E-state index in [9.17, 15) is 9.90 Å². The number of likely N-dealkylation sites (N-methyl/N-ethyl adjacent to an activating group) is 1. The van der Waals surface area contributed by atoms with Gasteiger partial charge in [0.25, 0.3) is 0 Å². The molecule has 11 heteroatoms. The number of carbonyl (C=O) groups is 1. The topological polar surface area (TPSA) is 92.5 Å². The summed E-state index contributed by atoms with van der Waals surface area (Å²) in [7, 11) is 2.14. The van der Waals surface area contributed by atoms with Crippen LogP contribution in [0.4, 0.5) is 27.3 Å². The van der Waals surface area contributed by atoms with Crippen molar-refractivity contribution in [1.82, 2.24) is 24.2 Å². The average molecular weight is 621 g/mol. The summed E-state index contributed by atoms with van der Waals surface area (Å²) in [4.78, 5) is 31.3. The van der Waals surface area contributed by atoms with Gasteiger partial charge in [0.15, 0.2) is 5.65 Å². The summed E-state index contributed by atoms with van der Waals surface area (Å²) < 4.78 is 17.3. The first kappa shape index (κ1) is 28.7. The van der Waals surface area contributed by atoms with Crippen molar-refractivity contribution in [2.75, 3.05) is 61.4 Å². The molecule has 10 nitrogen and oxygen atoms in total. The summed E-state index contributed by atoms with van der Waals surface area (Å²) in [6.45, 7) is 4.89. The number of aromatic nitrogens is 3. The van der Waals surface area contributed by atoms with Crippen molar-refractivity contribution in [3.05, 3.63) is 89.7 Å². The van der Waals surface area contributed by atoms with Crippen LogP contribution in [0.2, 0.25) is 0 Å². The van der Waals surface area contributed by atoms with Gasteiger partial charge in [-0.2, -0.15) is 0 Å². The number of imidazole rings is 1. The standard InChI is InChI=1S/C35H37FN8O2/c1-40-10-12-41(13-11-40)25-6-7-33(38-19-25)39-29-16-23(20-43-9-8-37-35(29)43)27-17-24(36)18-31(28(27)22-45)42-14-15-44-30-5-3-2-4-26(30)34(46)32(44)21-42/h6-9,16-21,45H,2-5,10-15,22H2,1H3,(H,38,39). The number of halogens is 1. The van der Waals surface area contributed by atoms with Crippen molar-refractivity contribution in [2.24, 2.45) is 0 Å². The Hall–Kier alpha value is -4.74. The van der Waals surface area contributed by atoms with Gasteiger partial charge >= 0.3 is 0 Å². The number of rotatable bonds is 6. The molecule has 4 aliphatic rings. The van der Waals surface area contributed by atoms with Crippen LogP contribution in [0, 0.1) is 5.82 Å². The summed E-state index contributed by atoms with van der Waals surface area (Å²) >= 11 is 0. The maximum Gasteiger partial charge on any atom is 0.208 e. The lowest BCUT2D eigenvalue weighted by Gasteiger charge is -2.35. The Morgan fingerprint density at radius 3 is 2.65 bits per heavy atom. The number of benzene rings is 1. The Bertz CT molecular complexity index is 1890. The van der Waals surface area contributed by atoms with E-state index in [4.69, 9.17) is 4.98 Å². The first-order valence-corrected chi connectivity index (χ1v) is 16.1. The highest BCUT2D eigenvalue weighted by Crippen LogP contribution is 2.41. The number of anilines is 4. The molecule has 6 heterocycles. The minimum Gasteiger partial charge on any atom is -0.392 e. The summed E-state index contributed by atoms with van der Waals surface area (Å²) in [6.07, 6.45) is 13.1. The Balaban J connectivity index is 1.12. The number of Topliss-reactive ketones (excluding diaryl/α,β-unsaturated/α-hetero) is 1. The highest BCUT2D eigenvalue weighted by molar-refractivity contribution is 6.11. The Morgan fingerprint density at radius 2 is 1.85 bits per heavy atom. The minimum absolute atomic E-state index is 0.0769. The lowest BCUT2D eigenvalue weighted by atomic mass is 9.96. The van der Waals surface area contributed by atoms with Crippen molar-refractivity contribution in [3.8, 4) is 11.1 Å². The highest BCUT2D eigenvalue weighted by atomic mass is 19.1. The number of pyridine rings is 2. The van der Waals surface area contributed by atoms with E-state index in [2.05, 4.69) is 38.1 Å². The van der Waals surface area contributed by atoms with Crippen molar-refractivity contribution < 1.29 is 14.3 Å². The predicted octanol–water partition coefficient (Wildman–Crippen LogP) is 4.90. The number of piperazine rings is 1. The predicted molar refractivity (Wildman–Crippen MR) is 176 cm³/mol. The van der Waals surface area contributed by atoms with Crippen LogP contribution in [0.1, 0.15) is 31.2 Å². The third-order valence-electron chi connectivity index (χ3n) is 9.74.